The molecule has 0 aliphatic rings. The lowest BCUT2D eigenvalue weighted by Gasteiger charge is -2.11. The fourth-order valence-corrected chi connectivity index (χ4v) is 2.64. The van der Waals surface area contributed by atoms with Gasteiger partial charge in [-0.1, -0.05) is 0 Å². The van der Waals surface area contributed by atoms with Crippen LogP contribution in [-0.4, -0.2) is 24.2 Å². The molecule has 0 unspecified atom stereocenters. The first-order chi connectivity index (χ1) is 13.3. The number of methoxy groups -OCH3 is 1. The number of ether oxygens (including phenoxy) is 3. The van der Waals surface area contributed by atoms with Crippen LogP contribution in [0.15, 0.2) is 45.6 Å². The molecule has 0 radical (unpaired) electrons. The third-order valence-electron chi connectivity index (χ3n) is 3.75. The minimum atomic E-state index is -0.611. The largest absolute Gasteiger partial charge is 0.507 e. The molecule has 144 valence electrons. The van der Waals surface area contributed by atoms with Gasteiger partial charge in [-0.3, -0.25) is 14.4 Å². The maximum atomic E-state index is 12.5. The number of phenolic OH excluding ortho intramolecular Hbond substituents is 1. The number of rotatable bonds is 4. The fourth-order valence-electron chi connectivity index (χ4n) is 2.64. The zero-order chi connectivity index (χ0) is 20.4. The van der Waals surface area contributed by atoms with Crippen LogP contribution in [0.3, 0.4) is 0 Å². The SMILES string of the molecule is COc1cc(O)c2c(=O)cc(-c3ccc(OC(C)=O)c(OC(C)=O)c3)oc2c1. The smallest absolute Gasteiger partial charge is 0.308 e. The molecule has 1 aromatic heterocycles. The fraction of sp³-hybridized carbons (Fsp3) is 0.150. The van der Waals surface area contributed by atoms with Crippen molar-refractivity contribution in [3.05, 3.63) is 46.6 Å². The third-order valence-corrected chi connectivity index (χ3v) is 3.75. The Balaban J connectivity index is 2.17. The Morgan fingerprint density at radius 3 is 2.29 bits per heavy atom. The van der Waals surface area contributed by atoms with Crippen molar-refractivity contribution in [2.45, 2.75) is 13.8 Å². The second kappa shape index (κ2) is 7.43. The number of carbonyl (C=O) groups is 2. The molecule has 0 aliphatic carbocycles. The summed E-state index contributed by atoms with van der Waals surface area (Å²) in [6.07, 6.45) is 0. The zero-order valence-electron chi connectivity index (χ0n) is 15.3. The van der Waals surface area contributed by atoms with E-state index in [2.05, 4.69) is 0 Å². The molecule has 8 nitrogen and oxygen atoms in total. The van der Waals surface area contributed by atoms with Gasteiger partial charge in [0.25, 0.3) is 0 Å². The van der Waals surface area contributed by atoms with Crippen LogP contribution in [0, 0.1) is 0 Å². The van der Waals surface area contributed by atoms with E-state index < -0.39 is 17.4 Å². The van der Waals surface area contributed by atoms with Gasteiger partial charge in [-0.05, 0) is 18.2 Å². The number of phenols is 1. The van der Waals surface area contributed by atoms with Gasteiger partial charge in [0.1, 0.15) is 28.2 Å². The molecule has 1 heterocycles. The molecule has 28 heavy (non-hydrogen) atoms. The molecule has 0 aliphatic heterocycles. The molecule has 0 amide bonds. The summed E-state index contributed by atoms with van der Waals surface area (Å²) in [5, 5.41) is 10.1. The highest BCUT2D eigenvalue weighted by Gasteiger charge is 2.16. The summed E-state index contributed by atoms with van der Waals surface area (Å²) in [5.74, 6) is -0.934. The molecule has 0 saturated carbocycles. The maximum absolute atomic E-state index is 12.5. The summed E-state index contributed by atoms with van der Waals surface area (Å²) in [5.41, 5.74) is 0.0559. The van der Waals surface area contributed by atoms with E-state index in [1.807, 2.05) is 0 Å². The molecule has 3 aromatic rings. The van der Waals surface area contributed by atoms with Crippen LogP contribution in [0.25, 0.3) is 22.3 Å². The topological polar surface area (TPSA) is 112 Å². The molecule has 0 spiro atoms. The van der Waals surface area contributed by atoms with E-state index in [-0.39, 0.29) is 34.0 Å². The molecule has 0 bridgehead atoms. The van der Waals surface area contributed by atoms with E-state index in [4.69, 9.17) is 18.6 Å². The predicted octanol–water partition coefficient (Wildman–Crippen LogP) is 3.02. The van der Waals surface area contributed by atoms with Gasteiger partial charge in [0.05, 0.1) is 7.11 Å². The normalized spacial score (nSPS) is 10.5. The summed E-state index contributed by atoms with van der Waals surface area (Å²) in [6, 6.07) is 8.35. The van der Waals surface area contributed by atoms with Gasteiger partial charge in [0, 0.05) is 37.6 Å². The summed E-state index contributed by atoms with van der Waals surface area (Å²) < 4.78 is 20.9. The lowest BCUT2D eigenvalue weighted by molar-refractivity contribution is -0.134. The van der Waals surface area contributed by atoms with E-state index in [1.165, 1.54) is 57.4 Å². The molecule has 0 saturated heterocycles. The van der Waals surface area contributed by atoms with Crippen molar-refractivity contribution < 1.29 is 33.3 Å². The lowest BCUT2D eigenvalue weighted by atomic mass is 10.1. The van der Waals surface area contributed by atoms with Crippen molar-refractivity contribution in [2.24, 2.45) is 0 Å². The Bertz CT molecular complexity index is 1140. The van der Waals surface area contributed by atoms with Crippen LogP contribution in [0.4, 0.5) is 0 Å². The Kier molecular flexibility index (Phi) is 5.04. The number of fused-ring (bicyclic) bond motifs is 1. The van der Waals surface area contributed by atoms with Crippen molar-refractivity contribution in [2.75, 3.05) is 7.11 Å². The van der Waals surface area contributed by atoms with Crippen molar-refractivity contribution in [1.29, 1.82) is 0 Å². The quantitative estimate of drug-likeness (QED) is 0.540. The standard InChI is InChI=1S/C20H16O8/c1-10(21)26-16-5-4-12(6-18(16)27-11(2)22)17-9-15(24)20-14(23)7-13(25-3)8-19(20)28-17/h4-9,23H,1-3H3. The number of hydrogen-bond acceptors (Lipinski definition) is 8. The molecule has 0 fully saturated rings. The highest BCUT2D eigenvalue weighted by molar-refractivity contribution is 5.86. The number of hydrogen-bond donors (Lipinski definition) is 1. The average Bonchev–Trinajstić information content (AvgIpc) is 2.61. The minimum Gasteiger partial charge on any atom is -0.507 e. The van der Waals surface area contributed by atoms with Crippen LogP contribution in [0.2, 0.25) is 0 Å². The van der Waals surface area contributed by atoms with Gasteiger partial charge >= 0.3 is 11.9 Å². The van der Waals surface area contributed by atoms with Crippen LogP contribution >= 0.6 is 0 Å². The van der Waals surface area contributed by atoms with Crippen molar-refractivity contribution >= 4 is 22.9 Å². The molecule has 3 rings (SSSR count). The van der Waals surface area contributed by atoms with Crippen LogP contribution in [0.5, 0.6) is 23.0 Å². The predicted molar refractivity (Wildman–Crippen MR) is 98.8 cm³/mol. The Morgan fingerprint density at radius 1 is 0.964 bits per heavy atom. The zero-order valence-corrected chi connectivity index (χ0v) is 15.3. The average molecular weight is 384 g/mol. The molecule has 2 aromatic carbocycles. The second-order valence-corrected chi connectivity index (χ2v) is 5.84. The van der Waals surface area contributed by atoms with E-state index in [1.54, 1.807) is 0 Å². The van der Waals surface area contributed by atoms with Gasteiger partial charge in [-0.15, -0.1) is 0 Å². The maximum Gasteiger partial charge on any atom is 0.308 e. The Hall–Kier alpha value is -3.81. The molecular formula is C20H16O8. The van der Waals surface area contributed by atoms with Gasteiger partial charge in [0.15, 0.2) is 16.9 Å². The summed E-state index contributed by atoms with van der Waals surface area (Å²) in [7, 11) is 1.42. The monoisotopic (exact) mass is 384 g/mol. The summed E-state index contributed by atoms with van der Waals surface area (Å²) >= 11 is 0. The van der Waals surface area contributed by atoms with Crippen LogP contribution < -0.4 is 19.6 Å². The highest BCUT2D eigenvalue weighted by Crippen LogP contribution is 2.35. The first-order valence-corrected chi connectivity index (χ1v) is 8.14. The Labute approximate surface area is 158 Å². The van der Waals surface area contributed by atoms with E-state index in [9.17, 15) is 19.5 Å². The van der Waals surface area contributed by atoms with E-state index in [0.717, 1.165) is 0 Å². The van der Waals surface area contributed by atoms with Gasteiger partial charge in [-0.2, -0.15) is 0 Å². The van der Waals surface area contributed by atoms with Crippen molar-refractivity contribution in [3.63, 3.8) is 0 Å². The van der Waals surface area contributed by atoms with E-state index in [0.29, 0.717) is 11.3 Å². The summed E-state index contributed by atoms with van der Waals surface area (Å²) in [4.78, 5) is 35.0. The second-order valence-electron chi connectivity index (χ2n) is 5.84. The van der Waals surface area contributed by atoms with Crippen LogP contribution in [0.1, 0.15) is 13.8 Å². The first kappa shape index (κ1) is 19.0. The molecule has 1 N–H and O–H groups in total. The van der Waals surface area contributed by atoms with Crippen LogP contribution in [-0.2, 0) is 9.59 Å². The third kappa shape index (κ3) is 3.80. The van der Waals surface area contributed by atoms with Crippen molar-refractivity contribution in [1.82, 2.24) is 0 Å². The molecular weight excluding hydrogens is 368 g/mol. The number of esters is 2. The minimum absolute atomic E-state index is 0.00330. The Morgan fingerprint density at radius 2 is 1.64 bits per heavy atom. The molecule has 8 heteroatoms. The van der Waals surface area contributed by atoms with Gasteiger partial charge in [-0.25, -0.2) is 0 Å². The van der Waals surface area contributed by atoms with Crippen molar-refractivity contribution in [3.8, 4) is 34.3 Å². The number of aromatic hydroxyl groups is 1. The first-order valence-electron chi connectivity index (χ1n) is 8.14. The number of benzene rings is 2. The lowest BCUT2D eigenvalue weighted by Crippen LogP contribution is -2.07. The number of carbonyl (C=O) groups excluding carboxylic acids is 2. The van der Waals surface area contributed by atoms with Gasteiger partial charge in [0.2, 0.25) is 0 Å². The highest BCUT2D eigenvalue weighted by atomic mass is 16.6. The summed E-state index contributed by atoms with van der Waals surface area (Å²) in [6.45, 7) is 2.42. The van der Waals surface area contributed by atoms with Gasteiger partial charge < -0.3 is 23.7 Å². The molecule has 0 atom stereocenters. The van der Waals surface area contributed by atoms with E-state index >= 15 is 0 Å².